The Morgan fingerprint density at radius 3 is 2.33 bits per heavy atom. The summed E-state index contributed by atoms with van der Waals surface area (Å²) in [5.74, 6) is 2.70. The van der Waals surface area contributed by atoms with E-state index in [4.69, 9.17) is 37.9 Å². The highest BCUT2D eigenvalue weighted by Crippen LogP contribution is 2.50. The number of hydrogen-bond donors (Lipinski definition) is 1. The molecule has 1 N–H and O–H groups in total. The largest absolute Gasteiger partial charge is 0.493 e. The molecule has 2 heterocycles. The fraction of sp³-hybridized carbons (Fsp3) is 0.414. The zero-order valence-corrected chi connectivity index (χ0v) is 22.1. The maximum atomic E-state index is 13.4. The van der Waals surface area contributed by atoms with Gasteiger partial charge in [-0.3, -0.25) is 4.79 Å². The summed E-state index contributed by atoms with van der Waals surface area (Å²) in [6.07, 6.45) is -2.49. The summed E-state index contributed by atoms with van der Waals surface area (Å²) in [5.41, 5.74) is 2.84. The van der Waals surface area contributed by atoms with Crippen molar-refractivity contribution in [3.8, 4) is 39.9 Å². The summed E-state index contributed by atoms with van der Waals surface area (Å²) in [4.78, 5) is 13.4. The molecule has 0 aromatic heterocycles. The maximum Gasteiger partial charge on any atom is 0.231 e. The van der Waals surface area contributed by atoms with Crippen LogP contribution in [0.2, 0.25) is 0 Å². The Morgan fingerprint density at radius 2 is 1.62 bits per heavy atom. The number of methoxy groups -OCH3 is 4. The van der Waals surface area contributed by atoms with Crippen LogP contribution in [0, 0.1) is 0 Å². The van der Waals surface area contributed by atoms with Crippen molar-refractivity contribution in [2.75, 3.05) is 41.8 Å². The van der Waals surface area contributed by atoms with E-state index >= 15 is 0 Å². The first kappa shape index (κ1) is 25.7. The number of fused-ring (bicyclic) bond motifs is 3. The van der Waals surface area contributed by atoms with Crippen LogP contribution in [0.1, 0.15) is 22.3 Å². The number of aliphatic hydroxyl groups excluding tert-OH is 1. The molecule has 0 radical (unpaired) electrons. The van der Waals surface area contributed by atoms with Gasteiger partial charge in [-0.05, 0) is 41.6 Å². The van der Waals surface area contributed by atoms with Crippen LogP contribution in [-0.2, 0) is 20.6 Å². The Bertz CT molecular complexity index is 1430. The first-order valence-electron chi connectivity index (χ1n) is 12.7. The third-order valence-electron chi connectivity index (χ3n) is 7.62. The lowest BCUT2D eigenvalue weighted by Crippen LogP contribution is -2.56. The Labute approximate surface area is 225 Å². The van der Waals surface area contributed by atoms with Crippen molar-refractivity contribution in [3.63, 3.8) is 0 Å². The first-order chi connectivity index (χ1) is 19.0. The number of carbonyl (C=O) groups excluding carboxylic acids is 1. The molecule has 0 amide bonds. The molecule has 10 nitrogen and oxygen atoms in total. The molecule has 4 atom stereocenters. The highest BCUT2D eigenvalue weighted by atomic mass is 16.7. The van der Waals surface area contributed by atoms with Gasteiger partial charge in [0, 0.05) is 42.7 Å². The van der Waals surface area contributed by atoms with Crippen LogP contribution in [-0.4, -0.2) is 77.3 Å². The molecule has 206 valence electrons. The van der Waals surface area contributed by atoms with E-state index in [1.807, 2.05) is 30.3 Å². The van der Waals surface area contributed by atoms with Crippen LogP contribution in [0.5, 0.6) is 28.7 Å². The average Bonchev–Trinajstić information content (AvgIpc) is 3.59. The van der Waals surface area contributed by atoms with Gasteiger partial charge in [0.1, 0.15) is 24.1 Å². The van der Waals surface area contributed by atoms with E-state index < -0.39 is 24.6 Å². The number of hydrogen-bond acceptors (Lipinski definition) is 10. The van der Waals surface area contributed by atoms with Crippen LogP contribution < -0.4 is 23.7 Å². The van der Waals surface area contributed by atoms with Gasteiger partial charge < -0.3 is 43.0 Å². The molecule has 0 bridgehead atoms. The van der Waals surface area contributed by atoms with Gasteiger partial charge in [-0.1, -0.05) is 6.07 Å². The summed E-state index contributed by atoms with van der Waals surface area (Å²) in [5, 5.41) is 12.5. The van der Waals surface area contributed by atoms with Crippen molar-refractivity contribution in [3.05, 3.63) is 41.5 Å². The van der Waals surface area contributed by atoms with Gasteiger partial charge in [0.15, 0.2) is 28.8 Å². The summed E-state index contributed by atoms with van der Waals surface area (Å²) >= 11 is 0. The lowest BCUT2D eigenvalue weighted by atomic mass is 9.89. The molecule has 3 aromatic carbocycles. The molecule has 2 aliphatic heterocycles. The second-order valence-electron chi connectivity index (χ2n) is 9.59. The van der Waals surface area contributed by atoms with E-state index in [0.717, 1.165) is 22.1 Å². The smallest absolute Gasteiger partial charge is 0.231 e. The summed E-state index contributed by atoms with van der Waals surface area (Å²) in [6, 6.07) is 9.29. The van der Waals surface area contributed by atoms with E-state index in [0.29, 0.717) is 52.5 Å². The lowest BCUT2D eigenvalue weighted by molar-refractivity contribution is -0.252. The predicted molar refractivity (Wildman–Crippen MR) is 139 cm³/mol. The number of Topliss-reactive ketones (excluding diaryl/α,β-unsaturated/α-hetero) is 1. The van der Waals surface area contributed by atoms with Gasteiger partial charge in [0.05, 0.1) is 20.8 Å². The highest BCUT2D eigenvalue weighted by molar-refractivity contribution is 6.16. The molecule has 1 saturated heterocycles. The third kappa shape index (κ3) is 4.15. The van der Waals surface area contributed by atoms with Crippen molar-refractivity contribution in [1.29, 1.82) is 0 Å². The molecule has 10 heteroatoms. The number of aliphatic hydroxyl groups is 1. The molecular weight excluding hydrogens is 508 g/mol. The van der Waals surface area contributed by atoms with Crippen molar-refractivity contribution in [2.24, 2.45) is 0 Å². The van der Waals surface area contributed by atoms with Crippen LogP contribution in [0.25, 0.3) is 21.9 Å². The second-order valence-corrected chi connectivity index (χ2v) is 9.59. The molecular formula is C29H30O10. The number of ether oxygens (including phenoxy) is 8. The number of rotatable bonds is 7. The monoisotopic (exact) mass is 538 g/mol. The molecule has 0 spiro atoms. The summed E-state index contributed by atoms with van der Waals surface area (Å²) in [7, 11) is 6.16. The van der Waals surface area contributed by atoms with E-state index in [9.17, 15) is 9.90 Å². The van der Waals surface area contributed by atoms with E-state index in [1.54, 1.807) is 14.2 Å². The Morgan fingerprint density at radius 1 is 0.872 bits per heavy atom. The Kier molecular flexibility index (Phi) is 6.72. The van der Waals surface area contributed by atoms with Gasteiger partial charge >= 0.3 is 0 Å². The SMILES string of the molecule is COc1cc2c(OC3OCC(OC)C(OC)C3O)c3c(c(-c4ccc5c(c4)OCO5)c2cc1OC)C(=O)CC3. The molecule has 39 heavy (non-hydrogen) atoms. The van der Waals surface area contributed by atoms with E-state index in [1.165, 1.54) is 14.2 Å². The fourth-order valence-corrected chi connectivity index (χ4v) is 5.70. The second kappa shape index (κ2) is 10.2. The molecule has 3 aromatic rings. The van der Waals surface area contributed by atoms with E-state index in [2.05, 4.69) is 0 Å². The first-order valence-corrected chi connectivity index (χ1v) is 12.7. The number of benzene rings is 3. The minimum absolute atomic E-state index is 0.00136. The van der Waals surface area contributed by atoms with Crippen LogP contribution >= 0.6 is 0 Å². The quantitative estimate of drug-likeness (QED) is 0.480. The van der Waals surface area contributed by atoms with Gasteiger partial charge in [0.25, 0.3) is 0 Å². The zero-order valence-electron chi connectivity index (χ0n) is 22.1. The topological polar surface area (TPSA) is 111 Å². The van der Waals surface area contributed by atoms with Crippen LogP contribution in [0.4, 0.5) is 0 Å². The van der Waals surface area contributed by atoms with Crippen LogP contribution in [0.3, 0.4) is 0 Å². The highest BCUT2D eigenvalue weighted by Gasteiger charge is 2.43. The predicted octanol–water partition coefficient (Wildman–Crippen LogP) is 3.51. The number of carbonyl (C=O) groups is 1. The zero-order chi connectivity index (χ0) is 27.3. The van der Waals surface area contributed by atoms with Gasteiger partial charge in [-0.25, -0.2) is 0 Å². The molecule has 6 rings (SSSR count). The van der Waals surface area contributed by atoms with Crippen LogP contribution in [0.15, 0.2) is 30.3 Å². The Hall–Kier alpha value is -3.57. The summed E-state index contributed by atoms with van der Waals surface area (Å²) < 4.78 is 45.6. The maximum absolute atomic E-state index is 13.4. The molecule has 3 aliphatic rings. The van der Waals surface area contributed by atoms with Gasteiger partial charge in [0.2, 0.25) is 13.1 Å². The molecule has 4 unspecified atom stereocenters. The normalized spacial score (nSPS) is 23.7. The number of ketones is 1. The average molecular weight is 539 g/mol. The third-order valence-corrected chi connectivity index (χ3v) is 7.62. The minimum Gasteiger partial charge on any atom is -0.493 e. The lowest BCUT2D eigenvalue weighted by Gasteiger charge is -2.38. The van der Waals surface area contributed by atoms with E-state index in [-0.39, 0.29) is 19.2 Å². The molecule has 1 fully saturated rings. The van der Waals surface area contributed by atoms with Crippen molar-refractivity contribution < 1.29 is 47.8 Å². The van der Waals surface area contributed by atoms with Crippen molar-refractivity contribution in [2.45, 2.75) is 37.4 Å². The summed E-state index contributed by atoms with van der Waals surface area (Å²) in [6.45, 7) is 0.312. The fourth-order valence-electron chi connectivity index (χ4n) is 5.70. The van der Waals surface area contributed by atoms with Gasteiger partial charge in [-0.2, -0.15) is 0 Å². The van der Waals surface area contributed by atoms with Gasteiger partial charge in [-0.15, -0.1) is 0 Å². The minimum atomic E-state index is -1.13. The molecule has 1 aliphatic carbocycles. The van der Waals surface area contributed by atoms with Crippen molar-refractivity contribution >= 4 is 16.6 Å². The molecule has 0 saturated carbocycles. The van der Waals surface area contributed by atoms with Crippen molar-refractivity contribution in [1.82, 2.24) is 0 Å². The Balaban J connectivity index is 1.57. The standard InChI is InChI=1S/C29H30O10/c1-32-20-10-16-17(11-21(20)33-2)27(39-29-26(31)28(35-4)23(34-3)12-36-29)15-6-7-18(30)25(15)24(16)14-5-8-19-22(9-14)38-13-37-19/h5,8-11,23,26,28-29,31H,6-7,12-13H2,1-4H3.